The van der Waals surface area contributed by atoms with Gasteiger partial charge in [0.25, 0.3) is 0 Å². The highest BCUT2D eigenvalue weighted by Gasteiger charge is 2.04. The molecule has 1 heterocycles. The van der Waals surface area contributed by atoms with Crippen LogP contribution in [-0.2, 0) is 13.1 Å². The maximum Gasteiger partial charge on any atom is 0.140 e. The molecule has 0 spiro atoms. The lowest BCUT2D eigenvalue weighted by molar-refractivity contribution is 0.465. The quantitative estimate of drug-likeness (QED) is 0.756. The Balaban J connectivity index is 2.32. The highest BCUT2D eigenvalue weighted by Crippen LogP contribution is 2.05. The van der Waals surface area contributed by atoms with Gasteiger partial charge in [0, 0.05) is 6.54 Å². The van der Waals surface area contributed by atoms with Crippen molar-refractivity contribution in [2.45, 2.75) is 53.6 Å². The number of nitrogens with zero attached hydrogens (tertiary/aromatic N) is 3. The van der Waals surface area contributed by atoms with Crippen LogP contribution in [0.25, 0.3) is 0 Å². The van der Waals surface area contributed by atoms with Crippen LogP contribution in [0, 0.1) is 11.8 Å². The van der Waals surface area contributed by atoms with Crippen molar-refractivity contribution >= 4 is 0 Å². The molecule has 0 aliphatic carbocycles. The normalized spacial score (nSPS) is 11.6. The van der Waals surface area contributed by atoms with Crippen LogP contribution in [0.1, 0.15) is 46.4 Å². The van der Waals surface area contributed by atoms with Gasteiger partial charge in [-0.25, -0.2) is 9.67 Å². The van der Waals surface area contributed by atoms with Gasteiger partial charge < -0.3 is 5.32 Å². The van der Waals surface area contributed by atoms with E-state index in [0.717, 1.165) is 31.4 Å². The standard InChI is InChI=1S/C13H26N4/c1-11(2)6-5-7-17-13(15-10-16-17)9-14-8-12(3)4/h10-12,14H,5-9H2,1-4H3. The zero-order chi connectivity index (χ0) is 12.7. The van der Waals surface area contributed by atoms with Gasteiger partial charge in [-0.3, -0.25) is 0 Å². The van der Waals surface area contributed by atoms with Gasteiger partial charge in [0.05, 0.1) is 6.54 Å². The predicted molar refractivity (Wildman–Crippen MR) is 70.6 cm³/mol. The van der Waals surface area contributed by atoms with Crippen molar-refractivity contribution < 1.29 is 0 Å². The van der Waals surface area contributed by atoms with Crippen LogP contribution in [-0.4, -0.2) is 21.3 Å². The summed E-state index contributed by atoms with van der Waals surface area (Å²) in [5.41, 5.74) is 0. The molecule has 4 heteroatoms. The van der Waals surface area contributed by atoms with Gasteiger partial charge in [-0.05, 0) is 31.2 Å². The fraction of sp³-hybridized carbons (Fsp3) is 0.846. The highest BCUT2D eigenvalue weighted by atomic mass is 15.3. The van der Waals surface area contributed by atoms with E-state index in [9.17, 15) is 0 Å². The van der Waals surface area contributed by atoms with Gasteiger partial charge in [-0.2, -0.15) is 5.10 Å². The molecule has 4 nitrogen and oxygen atoms in total. The van der Waals surface area contributed by atoms with Crippen molar-refractivity contribution in [2.24, 2.45) is 11.8 Å². The minimum absolute atomic E-state index is 0.673. The number of rotatable bonds is 8. The van der Waals surface area contributed by atoms with E-state index in [1.165, 1.54) is 12.8 Å². The van der Waals surface area contributed by atoms with Gasteiger partial charge in [0.1, 0.15) is 12.2 Å². The Bertz CT molecular complexity index is 276. The summed E-state index contributed by atoms with van der Waals surface area (Å²) >= 11 is 0. The van der Waals surface area contributed by atoms with Crippen LogP contribution < -0.4 is 5.32 Å². The summed E-state index contributed by atoms with van der Waals surface area (Å²) in [6.45, 7) is 11.8. The number of hydrogen-bond acceptors (Lipinski definition) is 3. The molecular formula is C13H26N4. The molecule has 1 aromatic heterocycles. The molecule has 0 fully saturated rings. The van der Waals surface area contributed by atoms with Gasteiger partial charge in [-0.15, -0.1) is 0 Å². The number of nitrogens with one attached hydrogen (secondary N) is 1. The van der Waals surface area contributed by atoms with Crippen LogP contribution in [0.4, 0.5) is 0 Å². The summed E-state index contributed by atoms with van der Waals surface area (Å²) in [5.74, 6) is 2.49. The smallest absolute Gasteiger partial charge is 0.140 e. The van der Waals surface area contributed by atoms with Crippen LogP contribution in [0.2, 0.25) is 0 Å². The van der Waals surface area contributed by atoms with Crippen LogP contribution in [0.3, 0.4) is 0 Å². The van der Waals surface area contributed by atoms with Gasteiger partial charge >= 0.3 is 0 Å². The first-order chi connectivity index (χ1) is 8.09. The minimum atomic E-state index is 0.673. The molecule has 1 aromatic rings. The summed E-state index contributed by atoms with van der Waals surface area (Å²) in [7, 11) is 0. The van der Waals surface area contributed by atoms with E-state index in [2.05, 4.69) is 43.1 Å². The Morgan fingerprint density at radius 2 is 2.00 bits per heavy atom. The monoisotopic (exact) mass is 238 g/mol. The molecular weight excluding hydrogens is 212 g/mol. The van der Waals surface area contributed by atoms with Crippen molar-refractivity contribution in [2.75, 3.05) is 6.54 Å². The highest BCUT2D eigenvalue weighted by molar-refractivity contribution is 4.83. The van der Waals surface area contributed by atoms with Crippen molar-refractivity contribution in [3.05, 3.63) is 12.2 Å². The maximum atomic E-state index is 4.30. The number of hydrogen-bond donors (Lipinski definition) is 1. The third kappa shape index (κ3) is 5.82. The summed E-state index contributed by atoms with van der Waals surface area (Å²) in [6.07, 6.45) is 4.08. The Labute approximate surface area is 105 Å². The van der Waals surface area contributed by atoms with Gasteiger partial charge in [0.15, 0.2) is 0 Å². The predicted octanol–water partition coefficient (Wildman–Crippen LogP) is 2.46. The van der Waals surface area contributed by atoms with E-state index in [1.807, 2.05) is 4.68 Å². The largest absolute Gasteiger partial charge is 0.310 e. The first-order valence-electron chi connectivity index (χ1n) is 6.67. The Morgan fingerprint density at radius 3 is 2.65 bits per heavy atom. The summed E-state index contributed by atoms with van der Waals surface area (Å²) in [6, 6.07) is 0. The lowest BCUT2D eigenvalue weighted by Gasteiger charge is -2.09. The van der Waals surface area contributed by atoms with Gasteiger partial charge in [-0.1, -0.05) is 27.7 Å². The van der Waals surface area contributed by atoms with Crippen LogP contribution >= 0.6 is 0 Å². The Hall–Kier alpha value is -0.900. The van der Waals surface area contributed by atoms with Crippen molar-refractivity contribution in [3.63, 3.8) is 0 Å². The van der Waals surface area contributed by atoms with E-state index < -0.39 is 0 Å². The minimum Gasteiger partial charge on any atom is -0.310 e. The molecule has 0 aliphatic heterocycles. The van der Waals surface area contributed by atoms with E-state index in [-0.39, 0.29) is 0 Å². The van der Waals surface area contributed by atoms with E-state index >= 15 is 0 Å². The van der Waals surface area contributed by atoms with Gasteiger partial charge in [0.2, 0.25) is 0 Å². The topological polar surface area (TPSA) is 42.7 Å². The first kappa shape index (κ1) is 14.2. The zero-order valence-electron chi connectivity index (χ0n) is 11.6. The lowest BCUT2D eigenvalue weighted by Crippen LogP contribution is -2.22. The second kappa shape index (κ2) is 7.43. The second-order valence-electron chi connectivity index (χ2n) is 5.46. The summed E-state index contributed by atoms with van der Waals surface area (Å²) in [5, 5.41) is 7.68. The van der Waals surface area contributed by atoms with E-state index in [1.54, 1.807) is 6.33 Å². The molecule has 1 rings (SSSR count). The molecule has 0 saturated heterocycles. The van der Waals surface area contributed by atoms with Crippen LogP contribution in [0.15, 0.2) is 6.33 Å². The molecule has 0 unspecified atom stereocenters. The fourth-order valence-electron chi connectivity index (χ4n) is 1.73. The number of aromatic nitrogens is 3. The molecule has 1 N–H and O–H groups in total. The van der Waals surface area contributed by atoms with Crippen molar-refractivity contribution in [1.29, 1.82) is 0 Å². The van der Waals surface area contributed by atoms with E-state index in [4.69, 9.17) is 0 Å². The lowest BCUT2D eigenvalue weighted by atomic mass is 10.1. The SMILES string of the molecule is CC(C)CCCn1ncnc1CNCC(C)C. The van der Waals surface area contributed by atoms with Crippen molar-refractivity contribution in [3.8, 4) is 0 Å². The molecule has 0 aliphatic rings. The van der Waals surface area contributed by atoms with Crippen molar-refractivity contribution in [1.82, 2.24) is 20.1 Å². The molecule has 0 radical (unpaired) electrons. The zero-order valence-corrected chi connectivity index (χ0v) is 11.6. The molecule has 17 heavy (non-hydrogen) atoms. The Morgan fingerprint density at radius 1 is 1.24 bits per heavy atom. The average Bonchev–Trinajstić information content (AvgIpc) is 2.65. The van der Waals surface area contributed by atoms with Crippen LogP contribution in [0.5, 0.6) is 0 Å². The molecule has 0 bridgehead atoms. The Kier molecular flexibility index (Phi) is 6.19. The fourth-order valence-corrected chi connectivity index (χ4v) is 1.73. The maximum absolute atomic E-state index is 4.30. The number of aryl methyl sites for hydroxylation is 1. The summed E-state index contributed by atoms with van der Waals surface area (Å²) < 4.78 is 2.02. The molecule has 0 amide bonds. The molecule has 98 valence electrons. The first-order valence-corrected chi connectivity index (χ1v) is 6.67. The third-order valence-corrected chi connectivity index (χ3v) is 2.68. The molecule has 0 atom stereocenters. The average molecular weight is 238 g/mol. The van der Waals surface area contributed by atoms with E-state index in [0.29, 0.717) is 5.92 Å². The second-order valence-corrected chi connectivity index (χ2v) is 5.46. The molecule has 0 aromatic carbocycles. The summed E-state index contributed by atoms with van der Waals surface area (Å²) in [4.78, 5) is 4.30. The third-order valence-electron chi connectivity index (χ3n) is 2.68. The molecule has 0 saturated carbocycles.